The summed E-state index contributed by atoms with van der Waals surface area (Å²) in [5.41, 5.74) is 7.64. The summed E-state index contributed by atoms with van der Waals surface area (Å²) in [7, 11) is -3.29. The molecule has 1 aliphatic heterocycles. The lowest BCUT2D eigenvalue weighted by Crippen LogP contribution is -2.53. The van der Waals surface area contributed by atoms with Gasteiger partial charge >= 0.3 is 0 Å². The minimum absolute atomic E-state index is 0.0239. The number of nitrogens with two attached hydrogens (primary N) is 1. The highest BCUT2D eigenvalue weighted by atomic mass is 35.5. The number of amides is 1. The van der Waals surface area contributed by atoms with E-state index in [4.69, 9.17) is 28.9 Å². The molecule has 5 heterocycles. The van der Waals surface area contributed by atoms with E-state index in [-0.39, 0.29) is 30.2 Å². The summed E-state index contributed by atoms with van der Waals surface area (Å²) >= 11 is 13.0. The van der Waals surface area contributed by atoms with Crippen molar-refractivity contribution in [3.05, 3.63) is 51.9 Å². The lowest BCUT2D eigenvalue weighted by atomic mass is 10.1. The normalized spacial score (nSPS) is 18.0. The first kappa shape index (κ1) is 24.6. The number of sulfone groups is 1. The molecule has 3 N–H and O–H groups in total. The Morgan fingerprint density at radius 1 is 1.28 bits per heavy atom. The highest BCUT2D eigenvalue weighted by Gasteiger charge is 2.41. The van der Waals surface area contributed by atoms with E-state index in [1.54, 1.807) is 49.8 Å². The summed E-state index contributed by atoms with van der Waals surface area (Å²) < 4.78 is 27.4. The van der Waals surface area contributed by atoms with Gasteiger partial charge < -0.3 is 16.0 Å². The van der Waals surface area contributed by atoms with Crippen molar-refractivity contribution in [2.45, 2.75) is 31.6 Å². The van der Waals surface area contributed by atoms with E-state index in [0.717, 1.165) is 0 Å². The number of carbonyl (C=O) groups is 1. The zero-order valence-corrected chi connectivity index (χ0v) is 22.1. The maximum atomic E-state index is 13.3. The van der Waals surface area contributed by atoms with E-state index in [1.807, 2.05) is 4.90 Å². The maximum Gasteiger partial charge on any atom is 0.259 e. The zero-order chi connectivity index (χ0) is 26.0. The van der Waals surface area contributed by atoms with Gasteiger partial charge in [0.05, 0.1) is 32.8 Å². The molecule has 0 aromatic carbocycles. The van der Waals surface area contributed by atoms with Gasteiger partial charge in [-0.3, -0.25) is 4.79 Å². The average Bonchev–Trinajstić information content (AvgIpc) is 3.35. The third kappa shape index (κ3) is 3.84. The lowest BCUT2D eigenvalue weighted by Gasteiger charge is -2.40. The Morgan fingerprint density at radius 2 is 2.03 bits per heavy atom. The van der Waals surface area contributed by atoms with Crippen molar-refractivity contribution in [2.24, 2.45) is 0 Å². The highest BCUT2D eigenvalue weighted by molar-refractivity contribution is 7.92. The molecule has 36 heavy (non-hydrogen) atoms. The van der Waals surface area contributed by atoms with Crippen LogP contribution in [0.25, 0.3) is 11.2 Å². The molecule has 190 valence electrons. The fourth-order valence-electron chi connectivity index (χ4n) is 4.52. The number of carbonyl (C=O) groups excluding carboxylic acids is 1. The van der Waals surface area contributed by atoms with Crippen LogP contribution in [0.5, 0.6) is 0 Å². The first-order valence-corrected chi connectivity index (χ1v) is 13.5. The number of fused-ring (bicyclic) bond motifs is 2. The van der Waals surface area contributed by atoms with E-state index in [0.29, 0.717) is 32.6 Å². The third-order valence-corrected chi connectivity index (χ3v) is 9.60. The molecule has 0 aliphatic carbocycles. The molecule has 1 saturated heterocycles. The zero-order valence-electron chi connectivity index (χ0n) is 19.7. The Balaban J connectivity index is 1.59. The Morgan fingerprint density at radius 3 is 2.75 bits per heavy atom. The van der Waals surface area contributed by atoms with Gasteiger partial charge in [-0.25, -0.2) is 22.4 Å². The predicted octanol–water partition coefficient (Wildman–Crippen LogP) is 2.77. The second-order valence-corrected chi connectivity index (χ2v) is 12.9. The Bertz CT molecular complexity index is 1630. The van der Waals surface area contributed by atoms with Gasteiger partial charge in [-0.05, 0) is 32.9 Å². The number of anilines is 2. The molecular weight excluding hydrogens is 527 g/mol. The summed E-state index contributed by atoms with van der Waals surface area (Å²) in [6.07, 6.45) is 4.69. The number of rotatable bonds is 4. The fourth-order valence-corrected chi connectivity index (χ4v) is 6.46. The molecule has 1 unspecified atom stereocenters. The van der Waals surface area contributed by atoms with Gasteiger partial charge in [0.25, 0.3) is 5.91 Å². The Labute approximate surface area is 217 Å². The summed E-state index contributed by atoms with van der Waals surface area (Å²) in [6, 6.07) is 2.83. The lowest BCUT2D eigenvalue weighted by molar-refractivity contribution is 0.0942. The molecule has 0 saturated carbocycles. The Kier molecular flexibility index (Phi) is 5.80. The Hall–Kier alpha value is -3.09. The molecule has 5 rings (SSSR count). The molecule has 0 radical (unpaired) electrons. The second-order valence-electron chi connectivity index (χ2n) is 9.37. The van der Waals surface area contributed by atoms with E-state index in [9.17, 15) is 13.2 Å². The molecule has 0 spiro atoms. The number of pyridine rings is 1. The number of hydrogen-bond donors (Lipinski definition) is 2. The molecule has 1 atom stereocenters. The highest BCUT2D eigenvalue weighted by Crippen LogP contribution is 2.38. The first-order valence-electron chi connectivity index (χ1n) is 11.1. The summed E-state index contributed by atoms with van der Waals surface area (Å²) in [5, 5.41) is 12.2. The van der Waals surface area contributed by atoms with Crippen LogP contribution in [0, 0.1) is 0 Å². The maximum absolute atomic E-state index is 13.3. The van der Waals surface area contributed by atoms with Crippen molar-refractivity contribution >= 4 is 61.7 Å². The molecule has 11 nitrogen and oxygen atoms in total. The summed E-state index contributed by atoms with van der Waals surface area (Å²) in [6.45, 7) is 5.67. The molecule has 1 fully saturated rings. The minimum Gasteiger partial charge on any atom is -0.381 e. The smallest absolute Gasteiger partial charge is 0.259 e. The molecule has 4 aromatic rings. The number of nitrogens with zero attached hydrogens (tertiary/aromatic N) is 6. The van der Waals surface area contributed by atoms with Gasteiger partial charge in [0.2, 0.25) is 0 Å². The number of nitrogen functional groups attached to an aromatic ring is 1. The van der Waals surface area contributed by atoms with Gasteiger partial charge in [-0.1, -0.05) is 23.2 Å². The first-order chi connectivity index (χ1) is 16.9. The van der Waals surface area contributed by atoms with E-state index in [2.05, 4.69) is 20.5 Å². The molecule has 1 aliphatic rings. The van der Waals surface area contributed by atoms with Crippen molar-refractivity contribution in [1.29, 1.82) is 0 Å². The second kappa shape index (κ2) is 8.49. The molecular formula is C22H24Cl2N8O3S. The summed E-state index contributed by atoms with van der Waals surface area (Å²) in [5.74, 6) is 0.164. The average molecular weight is 551 g/mol. The van der Waals surface area contributed by atoms with Crippen LogP contribution in [0.1, 0.15) is 42.7 Å². The predicted molar refractivity (Wildman–Crippen MR) is 139 cm³/mol. The molecule has 1 amide bonds. The fraction of sp³-hybridized carbons (Fsp3) is 0.364. The van der Waals surface area contributed by atoms with Crippen molar-refractivity contribution in [1.82, 2.24) is 29.5 Å². The van der Waals surface area contributed by atoms with Gasteiger partial charge in [0.15, 0.2) is 21.3 Å². The van der Waals surface area contributed by atoms with Crippen molar-refractivity contribution in [3.63, 3.8) is 0 Å². The van der Waals surface area contributed by atoms with Crippen molar-refractivity contribution < 1.29 is 13.2 Å². The number of nitrogens with one attached hydrogen (secondary N) is 1. The minimum atomic E-state index is -3.29. The van der Waals surface area contributed by atoms with E-state index >= 15 is 0 Å². The van der Waals surface area contributed by atoms with Crippen LogP contribution in [0.2, 0.25) is 10.0 Å². The van der Waals surface area contributed by atoms with Crippen LogP contribution in [-0.2, 0) is 9.84 Å². The number of halogens is 2. The van der Waals surface area contributed by atoms with Crippen LogP contribution in [0.4, 0.5) is 11.6 Å². The third-order valence-electron chi connectivity index (χ3n) is 6.50. The SMILES string of the molecule is CC(NC(=O)c1c(N)nn2cccnc12)c1cc(Cl)c2c(Cl)cnn2c1N1CCS(=O)(=O)C(C)(C)C1. The van der Waals surface area contributed by atoms with Gasteiger partial charge in [0, 0.05) is 31.0 Å². The van der Waals surface area contributed by atoms with Gasteiger partial charge in [-0.15, -0.1) is 5.10 Å². The van der Waals surface area contributed by atoms with Crippen molar-refractivity contribution in [3.8, 4) is 0 Å². The van der Waals surface area contributed by atoms with E-state index in [1.165, 1.54) is 10.7 Å². The van der Waals surface area contributed by atoms with Crippen LogP contribution in [0.3, 0.4) is 0 Å². The molecule has 4 aromatic heterocycles. The van der Waals surface area contributed by atoms with Gasteiger partial charge in [-0.2, -0.15) is 5.10 Å². The van der Waals surface area contributed by atoms with Crippen LogP contribution >= 0.6 is 23.2 Å². The summed E-state index contributed by atoms with van der Waals surface area (Å²) in [4.78, 5) is 19.5. The molecule has 14 heteroatoms. The number of hydrogen-bond acceptors (Lipinski definition) is 8. The molecule has 0 bridgehead atoms. The standard InChI is InChI=1S/C22H24Cl2N8O3S/c1-12(28-20(33)16-18(25)29-31-6-4-5-26-19(16)31)13-9-14(23)17-15(24)10-27-32(17)21(13)30-7-8-36(34,35)22(2,3)11-30/h4-6,9-10,12H,7-8,11H2,1-3H3,(H2,25,29)(H,28,33). The largest absolute Gasteiger partial charge is 0.381 e. The van der Waals surface area contributed by atoms with Crippen LogP contribution < -0.4 is 16.0 Å². The van der Waals surface area contributed by atoms with Gasteiger partial charge in [0.1, 0.15) is 16.9 Å². The van der Waals surface area contributed by atoms with E-state index < -0.39 is 26.5 Å². The quantitative estimate of drug-likeness (QED) is 0.395. The van der Waals surface area contributed by atoms with Crippen LogP contribution in [-0.4, -0.2) is 62.1 Å². The topological polar surface area (TPSA) is 140 Å². The van der Waals surface area contributed by atoms with Crippen LogP contribution in [0.15, 0.2) is 30.7 Å². The number of aromatic nitrogens is 5. The van der Waals surface area contributed by atoms with Crippen molar-refractivity contribution in [2.75, 3.05) is 29.5 Å². The monoisotopic (exact) mass is 550 g/mol.